The molecular formula is C14H20FNO4S. The first-order chi connectivity index (χ1) is 9.75. The SMILES string of the molecule is COC(=O)CCCS(=O)(=O)NCc1cc(C)c(F)c(C)c1. The maximum atomic E-state index is 13.5. The first-order valence-corrected chi connectivity index (χ1v) is 8.20. The van der Waals surface area contributed by atoms with Crippen LogP contribution in [0, 0.1) is 19.7 Å². The lowest BCUT2D eigenvalue weighted by Gasteiger charge is -2.09. The number of carbonyl (C=O) groups is 1. The first kappa shape index (κ1) is 17.6. The molecule has 1 rings (SSSR count). The molecule has 118 valence electrons. The third-order valence-corrected chi connectivity index (χ3v) is 4.42. The fourth-order valence-electron chi connectivity index (χ4n) is 1.91. The molecule has 0 atom stereocenters. The van der Waals surface area contributed by atoms with Gasteiger partial charge in [0.05, 0.1) is 12.9 Å². The van der Waals surface area contributed by atoms with E-state index >= 15 is 0 Å². The minimum absolute atomic E-state index is 0.0617. The third-order valence-electron chi connectivity index (χ3n) is 3.01. The fourth-order valence-corrected chi connectivity index (χ4v) is 2.97. The summed E-state index contributed by atoms with van der Waals surface area (Å²) in [7, 11) is -2.21. The maximum Gasteiger partial charge on any atom is 0.305 e. The van der Waals surface area contributed by atoms with Crippen molar-refractivity contribution in [2.24, 2.45) is 0 Å². The van der Waals surface area contributed by atoms with Crippen LogP contribution in [0.2, 0.25) is 0 Å². The van der Waals surface area contributed by atoms with E-state index in [0.29, 0.717) is 16.7 Å². The molecule has 1 N–H and O–H groups in total. The number of rotatable bonds is 7. The van der Waals surface area contributed by atoms with Gasteiger partial charge in [-0.05, 0) is 37.0 Å². The molecule has 21 heavy (non-hydrogen) atoms. The van der Waals surface area contributed by atoms with Crippen LogP contribution in [0.3, 0.4) is 0 Å². The van der Waals surface area contributed by atoms with Crippen molar-refractivity contribution < 1.29 is 22.3 Å². The highest BCUT2D eigenvalue weighted by Crippen LogP contribution is 2.14. The van der Waals surface area contributed by atoms with Gasteiger partial charge in [0.2, 0.25) is 10.0 Å². The molecule has 0 bridgehead atoms. The number of sulfonamides is 1. The molecule has 0 saturated carbocycles. The lowest BCUT2D eigenvalue weighted by Crippen LogP contribution is -2.26. The van der Waals surface area contributed by atoms with E-state index < -0.39 is 16.0 Å². The molecule has 0 unspecified atom stereocenters. The summed E-state index contributed by atoms with van der Waals surface area (Å²) in [5.74, 6) is -0.865. The lowest BCUT2D eigenvalue weighted by atomic mass is 10.1. The van der Waals surface area contributed by atoms with Crippen molar-refractivity contribution >= 4 is 16.0 Å². The first-order valence-electron chi connectivity index (χ1n) is 6.55. The summed E-state index contributed by atoms with van der Waals surface area (Å²) in [5.41, 5.74) is 1.66. The van der Waals surface area contributed by atoms with Gasteiger partial charge in [-0.25, -0.2) is 17.5 Å². The highest BCUT2D eigenvalue weighted by Gasteiger charge is 2.12. The topological polar surface area (TPSA) is 72.5 Å². The molecule has 0 aliphatic carbocycles. The van der Waals surface area contributed by atoms with E-state index in [1.54, 1.807) is 26.0 Å². The number of halogens is 1. The summed E-state index contributed by atoms with van der Waals surface area (Å²) in [6.45, 7) is 3.37. The molecule has 0 aliphatic rings. The lowest BCUT2D eigenvalue weighted by molar-refractivity contribution is -0.140. The summed E-state index contributed by atoms with van der Waals surface area (Å²) in [6.07, 6.45) is 0.260. The van der Waals surface area contributed by atoms with Gasteiger partial charge in [-0.2, -0.15) is 0 Å². The number of esters is 1. The zero-order valence-electron chi connectivity index (χ0n) is 12.4. The number of hydrogen-bond acceptors (Lipinski definition) is 4. The van der Waals surface area contributed by atoms with Gasteiger partial charge in [-0.15, -0.1) is 0 Å². The molecule has 7 heteroatoms. The fraction of sp³-hybridized carbons (Fsp3) is 0.500. The summed E-state index contributed by atoms with van der Waals surface area (Å²) >= 11 is 0. The Balaban J connectivity index is 2.55. The minimum atomic E-state index is -3.47. The molecule has 1 aromatic rings. The van der Waals surface area contributed by atoms with Gasteiger partial charge in [0.15, 0.2) is 0 Å². The second-order valence-electron chi connectivity index (χ2n) is 4.86. The number of nitrogens with one attached hydrogen (secondary N) is 1. The zero-order valence-corrected chi connectivity index (χ0v) is 13.2. The largest absolute Gasteiger partial charge is 0.469 e. The smallest absolute Gasteiger partial charge is 0.305 e. The van der Waals surface area contributed by atoms with E-state index in [1.165, 1.54) is 7.11 Å². The van der Waals surface area contributed by atoms with E-state index in [-0.39, 0.29) is 31.0 Å². The maximum absolute atomic E-state index is 13.5. The van der Waals surface area contributed by atoms with Gasteiger partial charge in [-0.1, -0.05) is 12.1 Å². The highest BCUT2D eigenvalue weighted by atomic mass is 32.2. The second-order valence-corrected chi connectivity index (χ2v) is 6.79. The van der Waals surface area contributed by atoms with Crippen LogP contribution in [0.15, 0.2) is 12.1 Å². The molecule has 0 amide bonds. The van der Waals surface area contributed by atoms with Gasteiger partial charge in [0, 0.05) is 13.0 Å². The van der Waals surface area contributed by atoms with Gasteiger partial charge < -0.3 is 4.74 Å². The van der Waals surface area contributed by atoms with E-state index in [0.717, 1.165) is 0 Å². The van der Waals surface area contributed by atoms with Crippen molar-refractivity contribution in [3.05, 3.63) is 34.6 Å². The Kier molecular flexibility index (Phi) is 6.29. The Hall–Kier alpha value is -1.47. The average Bonchev–Trinajstić information content (AvgIpc) is 2.42. The minimum Gasteiger partial charge on any atom is -0.469 e. The number of carbonyl (C=O) groups excluding carboxylic acids is 1. The number of hydrogen-bond donors (Lipinski definition) is 1. The zero-order chi connectivity index (χ0) is 16.0. The molecular weight excluding hydrogens is 297 g/mol. The Bertz CT molecular complexity index is 590. The van der Waals surface area contributed by atoms with Crippen LogP contribution >= 0.6 is 0 Å². The van der Waals surface area contributed by atoms with E-state index in [1.807, 2.05) is 0 Å². The monoisotopic (exact) mass is 317 g/mol. The number of benzene rings is 1. The summed E-state index contributed by atoms with van der Waals surface area (Å²) in [4.78, 5) is 10.9. The predicted octanol–water partition coefficient (Wildman–Crippen LogP) is 1.82. The van der Waals surface area contributed by atoms with Crippen molar-refractivity contribution in [3.63, 3.8) is 0 Å². The van der Waals surface area contributed by atoms with E-state index in [4.69, 9.17) is 0 Å². The molecule has 0 saturated heterocycles. The molecule has 1 aromatic carbocycles. The van der Waals surface area contributed by atoms with Crippen molar-refractivity contribution in [2.75, 3.05) is 12.9 Å². The Morgan fingerprint density at radius 2 is 1.86 bits per heavy atom. The summed E-state index contributed by atoms with van der Waals surface area (Å²) in [6, 6.07) is 3.22. The molecule has 5 nitrogen and oxygen atoms in total. The number of aryl methyl sites for hydroxylation is 2. The molecule has 0 fully saturated rings. The van der Waals surface area contributed by atoms with Crippen LogP contribution < -0.4 is 4.72 Å². The van der Waals surface area contributed by atoms with E-state index in [2.05, 4.69) is 9.46 Å². The van der Waals surface area contributed by atoms with Crippen molar-refractivity contribution in [2.45, 2.75) is 33.2 Å². The third kappa shape index (κ3) is 5.81. The average molecular weight is 317 g/mol. The van der Waals surface area contributed by atoms with Crippen LogP contribution in [0.4, 0.5) is 4.39 Å². The quantitative estimate of drug-likeness (QED) is 0.779. The van der Waals surface area contributed by atoms with Crippen molar-refractivity contribution in [3.8, 4) is 0 Å². The highest BCUT2D eigenvalue weighted by molar-refractivity contribution is 7.89. The van der Waals surface area contributed by atoms with E-state index in [9.17, 15) is 17.6 Å². The molecule has 0 radical (unpaired) electrons. The Morgan fingerprint density at radius 3 is 2.38 bits per heavy atom. The van der Waals surface area contributed by atoms with Crippen LogP contribution in [0.5, 0.6) is 0 Å². The normalized spacial score (nSPS) is 11.4. The van der Waals surface area contributed by atoms with Crippen LogP contribution in [0.25, 0.3) is 0 Å². The Morgan fingerprint density at radius 1 is 1.29 bits per heavy atom. The van der Waals surface area contributed by atoms with Crippen LogP contribution in [0.1, 0.15) is 29.5 Å². The molecule has 0 aromatic heterocycles. The summed E-state index contributed by atoms with van der Waals surface area (Å²) in [5, 5.41) is 0. The summed E-state index contributed by atoms with van der Waals surface area (Å²) < 4.78 is 43.9. The Labute approximate surface area is 124 Å². The van der Waals surface area contributed by atoms with Gasteiger partial charge in [0.25, 0.3) is 0 Å². The van der Waals surface area contributed by atoms with Crippen LogP contribution in [-0.4, -0.2) is 27.2 Å². The van der Waals surface area contributed by atoms with Gasteiger partial charge >= 0.3 is 5.97 Å². The van der Waals surface area contributed by atoms with Gasteiger partial charge in [-0.3, -0.25) is 4.79 Å². The van der Waals surface area contributed by atoms with Crippen molar-refractivity contribution in [1.82, 2.24) is 4.72 Å². The molecule has 0 spiro atoms. The number of ether oxygens (including phenoxy) is 1. The molecule has 0 aliphatic heterocycles. The standard InChI is InChI=1S/C14H20FNO4S/c1-10-7-12(8-11(2)14(10)15)9-16-21(18,19)6-4-5-13(17)20-3/h7-8,16H,4-6,9H2,1-3H3. The predicted molar refractivity (Wildman–Crippen MR) is 77.8 cm³/mol. The molecule has 0 heterocycles. The number of methoxy groups -OCH3 is 1. The van der Waals surface area contributed by atoms with Gasteiger partial charge in [0.1, 0.15) is 5.82 Å². The van der Waals surface area contributed by atoms with Crippen LogP contribution in [-0.2, 0) is 26.1 Å². The van der Waals surface area contributed by atoms with Crippen molar-refractivity contribution in [1.29, 1.82) is 0 Å². The second kappa shape index (κ2) is 7.51.